The number of aliphatic carboxylic acids is 1. The van der Waals surface area contributed by atoms with E-state index in [2.05, 4.69) is 15.1 Å². The molecule has 1 aromatic rings. The summed E-state index contributed by atoms with van der Waals surface area (Å²) in [6, 6.07) is -1.30. The first-order chi connectivity index (χ1) is 10.5. The summed E-state index contributed by atoms with van der Waals surface area (Å²) in [5.41, 5.74) is 8.38. The van der Waals surface area contributed by atoms with E-state index in [9.17, 15) is 14.4 Å². The summed E-state index contributed by atoms with van der Waals surface area (Å²) in [6.07, 6.45) is 1.47. The van der Waals surface area contributed by atoms with Gasteiger partial charge in [0.05, 0.1) is 0 Å². The fraction of sp³-hybridized carbons (Fsp3) is 0.417. The normalized spacial score (nSPS) is 12.8. The number of carboxylic acids is 1. The maximum absolute atomic E-state index is 12.0. The van der Waals surface area contributed by atoms with Gasteiger partial charge in [-0.05, 0) is 6.42 Å². The van der Waals surface area contributed by atoms with E-state index in [-0.39, 0.29) is 18.5 Å². The Morgan fingerprint density at radius 1 is 1.59 bits per heavy atom. The van der Waals surface area contributed by atoms with Crippen LogP contribution in [0.15, 0.2) is 17.1 Å². The minimum atomic E-state index is -1.31. The standard InChI is InChI=1S/C12H14N4O6/c1-21-10(9-5-22-6-14-9)11(18)16-8(12(19)20)3-2-7(17)4-15-13/h4-6,8,10H,2-3H2,1H3,(H,16,18)(H,19,20)/t8-,10+/m0/s1. The molecule has 0 spiro atoms. The average molecular weight is 310 g/mol. The van der Waals surface area contributed by atoms with E-state index in [0.29, 0.717) is 6.21 Å². The predicted molar refractivity (Wildman–Crippen MR) is 69.7 cm³/mol. The molecule has 2 N–H and O–H groups in total. The van der Waals surface area contributed by atoms with Gasteiger partial charge >= 0.3 is 12.2 Å². The number of carbonyl (C=O) groups excluding carboxylic acids is 2. The van der Waals surface area contributed by atoms with Gasteiger partial charge in [-0.3, -0.25) is 9.59 Å². The zero-order valence-electron chi connectivity index (χ0n) is 11.6. The topological polar surface area (TPSA) is 155 Å². The van der Waals surface area contributed by atoms with Gasteiger partial charge in [0.25, 0.3) is 5.91 Å². The Labute approximate surface area is 124 Å². The molecule has 0 saturated heterocycles. The third-order valence-corrected chi connectivity index (χ3v) is 2.69. The van der Waals surface area contributed by atoms with Crippen LogP contribution in [0.5, 0.6) is 0 Å². The molecule has 0 aliphatic rings. The van der Waals surface area contributed by atoms with Crippen molar-refractivity contribution in [2.45, 2.75) is 25.0 Å². The fourth-order valence-electron chi connectivity index (χ4n) is 1.63. The van der Waals surface area contributed by atoms with E-state index in [1.807, 2.05) is 0 Å². The Hall–Kier alpha value is -2.84. The van der Waals surface area contributed by atoms with Crippen LogP contribution in [0, 0.1) is 0 Å². The second-order valence-electron chi connectivity index (χ2n) is 4.18. The third kappa shape index (κ3) is 4.93. The van der Waals surface area contributed by atoms with Crippen LogP contribution < -0.4 is 5.32 Å². The van der Waals surface area contributed by atoms with E-state index in [1.165, 1.54) is 13.4 Å². The fourth-order valence-corrected chi connectivity index (χ4v) is 1.63. The maximum Gasteiger partial charge on any atom is 0.326 e. The summed E-state index contributed by atoms with van der Waals surface area (Å²) in [5, 5.41) is 11.3. The van der Waals surface area contributed by atoms with Crippen molar-refractivity contribution in [2.24, 2.45) is 0 Å². The number of amides is 1. The van der Waals surface area contributed by atoms with Crippen LogP contribution in [0.25, 0.3) is 5.53 Å². The van der Waals surface area contributed by atoms with E-state index < -0.39 is 29.8 Å². The van der Waals surface area contributed by atoms with Gasteiger partial charge in [0, 0.05) is 13.5 Å². The lowest BCUT2D eigenvalue weighted by Gasteiger charge is -2.17. The van der Waals surface area contributed by atoms with Crippen molar-refractivity contribution in [3.63, 3.8) is 0 Å². The number of hydrogen-bond donors (Lipinski definition) is 2. The first-order valence-electron chi connectivity index (χ1n) is 6.14. The molecule has 0 saturated carbocycles. The number of methoxy groups -OCH3 is 1. The molecular formula is C12H14N4O6. The number of carbonyl (C=O) groups is 3. The first-order valence-corrected chi connectivity index (χ1v) is 6.14. The largest absolute Gasteiger partial charge is 0.480 e. The van der Waals surface area contributed by atoms with Crippen LogP contribution in [-0.4, -0.2) is 51.9 Å². The highest BCUT2D eigenvalue weighted by molar-refractivity contribution is 6.25. The number of carboxylic acid groups (broad SMARTS) is 1. The highest BCUT2D eigenvalue weighted by Crippen LogP contribution is 2.15. The number of aromatic nitrogens is 1. The number of ketones is 1. The lowest BCUT2D eigenvalue weighted by molar-refractivity contribution is -0.144. The van der Waals surface area contributed by atoms with E-state index in [4.69, 9.17) is 19.8 Å². The van der Waals surface area contributed by atoms with Crippen LogP contribution in [0.2, 0.25) is 0 Å². The van der Waals surface area contributed by atoms with Crippen LogP contribution >= 0.6 is 0 Å². The van der Waals surface area contributed by atoms with Gasteiger partial charge in [0.2, 0.25) is 5.78 Å². The van der Waals surface area contributed by atoms with Crippen molar-refractivity contribution in [1.29, 1.82) is 0 Å². The molecule has 1 rings (SSSR count). The number of nitrogens with zero attached hydrogens (tertiary/aromatic N) is 3. The quantitative estimate of drug-likeness (QED) is 0.356. The van der Waals surface area contributed by atoms with Gasteiger partial charge in [-0.2, -0.15) is 4.79 Å². The molecule has 1 amide bonds. The lowest BCUT2D eigenvalue weighted by atomic mass is 10.1. The molecule has 22 heavy (non-hydrogen) atoms. The van der Waals surface area contributed by atoms with Gasteiger partial charge in [-0.1, -0.05) is 0 Å². The second-order valence-corrected chi connectivity index (χ2v) is 4.18. The summed E-state index contributed by atoms with van der Waals surface area (Å²) in [6.45, 7) is 0. The van der Waals surface area contributed by atoms with Crippen molar-refractivity contribution >= 4 is 23.9 Å². The van der Waals surface area contributed by atoms with Gasteiger partial charge in [-0.15, -0.1) is 0 Å². The average Bonchev–Trinajstić information content (AvgIpc) is 2.98. The van der Waals surface area contributed by atoms with Crippen molar-refractivity contribution in [1.82, 2.24) is 10.3 Å². The maximum atomic E-state index is 12.0. The Morgan fingerprint density at radius 2 is 2.32 bits per heavy atom. The van der Waals surface area contributed by atoms with E-state index in [1.54, 1.807) is 0 Å². The molecule has 0 unspecified atom stereocenters. The number of Topliss-reactive ketones (excluding diaryl/α,β-unsaturated/α-hetero) is 1. The minimum absolute atomic E-state index is 0.165. The molecule has 10 nitrogen and oxygen atoms in total. The van der Waals surface area contributed by atoms with Gasteiger partial charge in [0.15, 0.2) is 12.5 Å². The number of oxazole rings is 1. The molecule has 1 heterocycles. The Bertz CT molecular complexity index is 578. The van der Waals surface area contributed by atoms with Crippen LogP contribution in [0.4, 0.5) is 0 Å². The monoisotopic (exact) mass is 310 g/mol. The van der Waals surface area contributed by atoms with Crippen LogP contribution in [0.3, 0.4) is 0 Å². The third-order valence-electron chi connectivity index (χ3n) is 2.69. The highest BCUT2D eigenvalue weighted by Gasteiger charge is 2.28. The van der Waals surface area contributed by atoms with Crippen LogP contribution in [-0.2, 0) is 19.1 Å². The zero-order valence-corrected chi connectivity index (χ0v) is 11.6. The van der Waals surface area contributed by atoms with Crippen molar-refractivity contribution in [2.75, 3.05) is 7.11 Å². The second kappa shape index (κ2) is 8.45. The molecule has 0 aromatic carbocycles. The molecule has 118 valence electrons. The number of nitrogens with one attached hydrogen (secondary N) is 1. The molecular weight excluding hydrogens is 296 g/mol. The molecule has 1 aromatic heterocycles. The summed E-state index contributed by atoms with van der Waals surface area (Å²) in [4.78, 5) is 40.6. The SMILES string of the molecule is CO[C@@H](C(=O)N[C@@H](CCC(=O)C=[N+]=[N-])C(=O)O)c1cocn1. The first kappa shape index (κ1) is 17.2. The highest BCUT2D eigenvalue weighted by atomic mass is 16.5. The van der Waals surface area contributed by atoms with Gasteiger partial charge in [0.1, 0.15) is 18.0 Å². The van der Waals surface area contributed by atoms with Gasteiger partial charge in [-0.25, -0.2) is 9.78 Å². The Kier molecular flexibility index (Phi) is 6.61. The summed E-state index contributed by atoms with van der Waals surface area (Å²) < 4.78 is 9.69. The van der Waals surface area contributed by atoms with E-state index >= 15 is 0 Å². The molecule has 0 aliphatic carbocycles. The number of hydrogen-bond acceptors (Lipinski definition) is 6. The zero-order chi connectivity index (χ0) is 16.5. The smallest absolute Gasteiger partial charge is 0.326 e. The Balaban J connectivity index is 2.69. The molecule has 0 radical (unpaired) electrons. The lowest BCUT2D eigenvalue weighted by Crippen LogP contribution is -2.43. The van der Waals surface area contributed by atoms with Crippen LogP contribution in [0.1, 0.15) is 24.6 Å². The van der Waals surface area contributed by atoms with Crippen molar-refractivity contribution < 1.29 is 33.4 Å². The molecule has 0 fully saturated rings. The Morgan fingerprint density at radius 3 is 2.82 bits per heavy atom. The predicted octanol–water partition coefficient (Wildman–Crippen LogP) is -0.419. The number of rotatable bonds is 9. The molecule has 10 heteroatoms. The summed E-state index contributed by atoms with van der Waals surface area (Å²) in [7, 11) is 1.26. The molecule has 2 atom stereocenters. The summed E-state index contributed by atoms with van der Waals surface area (Å²) in [5.74, 6) is -2.60. The summed E-state index contributed by atoms with van der Waals surface area (Å²) >= 11 is 0. The van der Waals surface area contributed by atoms with Crippen molar-refractivity contribution in [3.8, 4) is 0 Å². The molecule has 0 bridgehead atoms. The minimum Gasteiger partial charge on any atom is -0.480 e. The molecule has 0 aliphatic heterocycles. The van der Waals surface area contributed by atoms with E-state index in [0.717, 1.165) is 6.39 Å². The van der Waals surface area contributed by atoms with Crippen molar-refractivity contribution in [3.05, 3.63) is 23.9 Å². The number of ether oxygens (including phenoxy) is 1. The van der Waals surface area contributed by atoms with Gasteiger partial charge < -0.3 is 25.1 Å².